The first-order valence-electron chi connectivity index (χ1n) is 10.2. The van der Waals surface area contributed by atoms with E-state index in [0.29, 0.717) is 13.1 Å². The number of likely N-dealkylation sites (tertiary alicyclic amines) is 1. The molecule has 10 nitrogen and oxygen atoms in total. The second-order valence-electron chi connectivity index (χ2n) is 7.24. The summed E-state index contributed by atoms with van der Waals surface area (Å²) in [7, 11) is 0. The Hall–Kier alpha value is -2.04. The predicted octanol–water partition coefficient (Wildman–Crippen LogP) is 1.42. The Morgan fingerprint density at radius 1 is 0.964 bits per heavy atom. The third kappa shape index (κ3) is 6.25. The molecule has 0 unspecified atom stereocenters. The number of nitrogens with one attached hydrogen (secondary N) is 2. The molecule has 2 N–H and O–H groups in total. The van der Waals surface area contributed by atoms with E-state index >= 15 is 0 Å². The quantitative estimate of drug-likeness (QED) is 0.346. The Bertz CT molecular complexity index is 619. The molecule has 0 radical (unpaired) electrons. The van der Waals surface area contributed by atoms with Crippen molar-refractivity contribution in [2.75, 3.05) is 76.2 Å². The maximum Gasteiger partial charge on any atom is 0.353 e. The summed E-state index contributed by atoms with van der Waals surface area (Å²) in [6.45, 7) is 8.70. The highest BCUT2D eigenvalue weighted by Crippen LogP contribution is 2.28. The van der Waals surface area contributed by atoms with Crippen molar-refractivity contribution in [3.63, 3.8) is 0 Å². The van der Waals surface area contributed by atoms with E-state index in [2.05, 4.69) is 30.4 Å². The summed E-state index contributed by atoms with van der Waals surface area (Å²) in [4.78, 5) is 24.1. The van der Waals surface area contributed by atoms with Crippen LogP contribution in [0.4, 0.5) is 17.3 Å². The van der Waals surface area contributed by atoms with Crippen LogP contribution >= 0.6 is 0 Å². The zero-order valence-corrected chi connectivity index (χ0v) is 16.4. The molecule has 2 saturated heterocycles. The van der Waals surface area contributed by atoms with Gasteiger partial charge in [0, 0.05) is 32.7 Å². The van der Waals surface area contributed by atoms with Gasteiger partial charge in [-0.1, -0.05) is 6.42 Å². The minimum atomic E-state index is -0.409. The summed E-state index contributed by atoms with van der Waals surface area (Å²) < 4.78 is 5.34. The SMILES string of the molecule is O=[N+]([O-])c1c(NCCCN2CCOCC2)ncnc1NCCN1CCCCC1. The number of hydrogen-bond acceptors (Lipinski definition) is 9. The largest absolute Gasteiger partial charge is 0.379 e. The molecule has 2 aliphatic heterocycles. The molecule has 2 fully saturated rings. The Kier molecular flexibility index (Phi) is 8.19. The van der Waals surface area contributed by atoms with Crippen LogP contribution in [0.25, 0.3) is 0 Å². The molecule has 10 heteroatoms. The zero-order chi connectivity index (χ0) is 19.6. The molecular weight excluding hydrogens is 362 g/mol. The van der Waals surface area contributed by atoms with Gasteiger partial charge >= 0.3 is 5.69 Å². The van der Waals surface area contributed by atoms with Gasteiger partial charge in [0.25, 0.3) is 0 Å². The number of rotatable bonds is 10. The van der Waals surface area contributed by atoms with Crippen LogP contribution in [-0.2, 0) is 4.74 Å². The van der Waals surface area contributed by atoms with E-state index in [1.165, 1.54) is 25.6 Å². The number of piperidine rings is 1. The molecule has 28 heavy (non-hydrogen) atoms. The van der Waals surface area contributed by atoms with E-state index in [9.17, 15) is 10.1 Å². The summed E-state index contributed by atoms with van der Waals surface area (Å²) in [6.07, 6.45) is 6.01. The molecule has 0 aromatic carbocycles. The molecule has 0 amide bonds. The molecule has 1 aromatic rings. The Labute approximate surface area is 165 Å². The van der Waals surface area contributed by atoms with Gasteiger partial charge in [0.2, 0.25) is 11.6 Å². The lowest BCUT2D eigenvalue weighted by atomic mass is 10.1. The summed E-state index contributed by atoms with van der Waals surface area (Å²) in [6, 6.07) is 0. The molecule has 3 heterocycles. The molecule has 1 aromatic heterocycles. The predicted molar refractivity (Wildman–Crippen MR) is 108 cm³/mol. The number of morpholine rings is 1. The van der Waals surface area contributed by atoms with Crippen molar-refractivity contribution in [1.29, 1.82) is 0 Å². The van der Waals surface area contributed by atoms with Crippen LogP contribution in [-0.4, -0.2) is 90.3 Å². The van der Waals surface area contributed by atoms with Crippen LogP contribution in [0.5, 0.6) is 0 Å². The van der Waals surface area contributed by atoms with E-state index in [0.717, 1.165) is 58.9 Å². The van der Waals surface area contributed by atoms with Crippen LogP contribution in [0.15, 0.2) is 6.33 Å². The van der Waals surface area contributed by atoms with Crippen LogP contribution in [0.1, 0.15) is 25.7 Å². The van der Waals surface area contributed by atoms with Gasteiger partial charge in [0.15, 0.2) is 0 Å². The third-order valence-corrected chi connectivity index (χ3v) is 5.22. The highest BCUT2D eigenvalue weighted by Gasteiger charge is 2.23. The zero-order valence-electron chi connectivity index (χ0n) is 16.4. The van der Waals surface area contributed by atoms with E-state index < -0.39 is 4.92 Å². The van der Waals surface area contributed by atoms with E-state index in [1.54, 1.807) is 0 Å². The Morgan fingerprint density at radius 3 is 2.29 bits per heavy atom. The normalized spacial score (nSPS) is 18.7. The van der Waals surface area contributed by atoms with E-state index in [1.807, 2.05) is 0 Å². The fraction of sp³-hybridized carbons (Fsp3) is 0.778. The van der Waals surface area contributed by atoms with Crippen molar-refractivity contribution in [3.8, 4) is 0 Å². The Morgan fingerprint density at radius 2 is 1.61 bits per heavy atom. The van der Waals surface area contributed by atoms with Crippen LogP contribution in [0.3, 0.4) is 0 Å². The number of ether oxygens (including phenoxy) is 1. The van der Waals surface area contributed by atoms with E-state index in [-0.39, 0.29) is 17.3 Å². The lowest BCUT2D eigenvalue weighted by Crippen LogP contribution is -2.37. The second-order valence-corrected chi connectivity index (χ2v) is 7.24. The molecule has 0 aliphatic carbocycles. The second kappa shape index (κ2) is 11.1. The maximum absolute atomic E-state index is 11.6. The number of anilines is 2. The fourth-order valence-electron chi connectivity index (χ4n) is 3.66. The molecule has 0 spiro atoms. The van der Waals surface area contributed by atoms with Crippen LogP contribution < -0.4 is 10.6 Å². The van der Waals surface area contributed by atoms with Crippen molar-refractivity contribution in [3.05, 3.63) is 16.4 Å². The third-order valence-electron chi connectivity index (χ3n) is 5.22. The molecule has 0 bridgehead atoms. The maximum atomic E-state index is 11.6. The summed E-state index contributed by atoms with van der Waals surface area (Å²) in [5.41, 5.74) is -0.0764. The highest BCUT2D eigenvalue weighted by molar-refractivity contribution is 5.69. The minimum absolute atomic E-state index is 0.0764. The van der Waals surface area contributed by atoms with Gasteiger partial charge in [0.05, 0.1) is 18.1 Å². The van der Waals surface area contributed by atoms with Crippen molar-refractivity contribution >= 4 is 17.3 Å². The molecule has 2 aliphatic rings. The lowest BCUT2D eigenvalue weighted by molar-refractivity contribution is -0.383. The topological polar surface area (TPSA) is 109 Å². The van der Waals surface area contributed by atoms with Crippen molar-refractivity contribution in [2.45, 2.75) is 25.7 Å². The molecule has 0 saturated carbocycles. The number of nitrogens with zero attached hydrogens (tertiary/aromatic N) is 5. The van der Waals surface area contributed by atoms with Gasteiger partial charge < -0.3 is 20.3 Å². The van der Waals surface area contributed by atoms with Gasteiger partial charge in [-0.15, -0.1) is 0 Å². The molecule has 0 atom stereocenters. The average molecular weight is 393 g/mol. The standard InChI is InChI=1S/C18H31N7O3/c26-25(27)16-17(19-5-4-9-24-11-13-28-14-12-24)21-15-22-18(16)20-6-10-23-7-2-1-3-8-23/h15H,1-14H2,(H2,19,20,21,22). The van der Waals surface area contributed by atoms with E-state index in [4.69, 9.17) is 4.74 Å². The smallest absolute Gasteiger partial charge is 0.353 e. The van der Waals surface area contributed by atoms with Gasteiger partial charge in [0.1, 0.15) is 6.33 Å². The minimum Gasteiger partial charge on any atom is -0.379 e. The monoisotopic (exact) mass is 393 g/mol. The number of aromatic nitrogens is 2. The highest BCUT2D eigenvalue weighted by atomic mass is 16.6. The van der Waals surface area contributed by atoms with Crippen molar-refractivity contribution < 1.29 is 9.66 Å². The average Bonchev–Trinajstić information content (AvgIpc) is 2.72. The summed E-state index contributed by atoms with van der Waals surface area (Å²) >= 11 is 0. The number of hydrogen-bond donors (Lipinski definition) is 2. The van der Waals surface area contributed by atoms with Crippen molar-refractivity contribution in [2.24, 2.45) is 0 Å². The van der Waals surface area contributed by atoms with Crippen LogP contribution in [0, 0.1) is 10.1 Å². The molecular formula is C18H31N7O3. The summed E-state index contributed by atoms with van der Waals surface area (Å²) in [5, 5.41) is 17.8. The number of nitro groups is 1. The van der Waals surface area contributed by atoms with Crippen LogP contribution in [0.2, 0.25) is 0 Å². The Balaban J connectivity index is 1.49. The molecule has 3 rings (SSSR count). The van der Waals surface area contributed by atoms with Crippen molar-refractivity contribution in [1.82, 2.24) is 19.8 Å². The molecule has 156 valence electrons. The lowest BCUT2D eigenvalue weighted by Gasteiger charge is -2.26. The van der Waals surface area contributed by atoms with Gasteiger partial charge in [-0.2, -0.15) is 0 Å². The van der Waals surface area contributed by atoms with Gasteiger partial charge in [-0.3, -0.25) is 15.0 Å². The first kappa shape index (κ1) is 20.7. The van der Waals surface area contributed by atoms with Gasteiger partial charge in [-0.05, 0) is 38.9 Å². The fourth-order valence-corrected chi connectivity index (χ4v) is 3.66. The first-order valence-corrected chi connectivity index (χ1v) is 10.2. The summed E-state index contributed by atoms with van der Waals surface area (Å²) in [5.74, 6) is 0.565. The van der Waals surface area contributed by atoms with Gasteiger partial charge in [-0.25, -0.2) is 9.97 Å². The first-order chi connectivity index (χ1) is 13.7.